The fourth-order valence-corrected chi connectivity index (χ4v) is 8.37. The molecule has 68 heavy (non-hydrogen) atoms. The van der Waals surface area contributed by atoms with Crippen molar-refractivity contribution in [2.75, 3.05) is 13.2 Å². The average molecular weight is 948 g/mol. The first kappa shape index (κ1) is 65.1. The van der Waals surface area contributed by atoms with Crippen LogP contribution >= 0.6 is 0 Å². The highest BCUT2D eigenvalue weighted by Gasteiger charge is 2.16. The van der Waals surface area contributed by atoms with Gasteiger partial charge in [-0.2, -0.15) is 0 Å². The number of carbonyl (C=O) groups excluding carboxylic acids is 2. The molecule has 0 radical (unpaired) electrons. The third kappa shape index (κ3) is 55.7. The van der Waals surface area contributed by atoms with Crippen molar-refractivity contribution < 1.29 is 24.2 Å². The van der Waals surface area contributed by atoms with Gasteiger partial charge in [-0.15, -0.1) is 0 Å². The summed E-state index contributed by atoms with van der Waals surface area (Å²) in [5.41, 5.74) is 0. The lowest BCUT2D eigenvalue weighted by molar-refractivity contribution is -0.161. The predicted molar refractivity (Wildman–Crippen MR) is 297 cm³/mol. The molecule has 1 atom stereocenters. The third-order valence-corrected chi connectivity index (χ3v) is 12.7. The van der Waals surface area contributed by atoms with Crippen LogP contribution in [0.4, 0.5) is 0 Å². The number of hydrogen-bond acceptors (Lipinski definition) is 5. The van der Waals surface area contributed by atoms with Gasteiger partial charge in [-0.1, -0.05) is 292 Å². The molecule has 0 aromatic heterocycles. The van der Waals surface area contributed by atoms with Gasteiger partial charge in [-0.05, 0) is 64.2 Å². The lowest BCUT2D eigenvalue weighted by Gasteiger charge is -2.15. The van der Waals surface area contributed by atoms with Crippen LogP contribution in [-0.4, -0.2) is 36.4 Å². The van der Waals surface area contributed by atoms with Crippen molar-refractivity contribution in [2.45, 2.75) is 290 Å². The van der Waals surface area contributed by atoms with Crippen LogP contribution < -0.4 is 0 Å². The summed E-state index contributed by atoms with van der Waals surface area (Å²) in [5, 5.41) is 9.64. The second-order valence-corrected chi connectivity index (χ2v) is 19.3. The van der Waals surface area contributed by atoms with Crippen LogP contribution in [0.15, 0.2) is 85.1 Å². The number of unbranched alkanes of at least 4 members (excludes halogenated alkanes) is 31. The Labute approximate surface area is 422 Å². The molecule has 0 aliphatic heterocycles. The van der Waals surface area contributed by atoms with Crippen molar-refractivity contribution in [1.29, 1.82) is 0 Å². The van der Waals surface area contributed by atoms with Gasteiger partial charge in [-0.3, -0.25) is 9.59 Å². The Morgan fingerprint density at radius 3 is 0.941 bits per heavy atom. The third-order valence-electron chi connectivity index (χ3n) is 12.7. The number of allylic oxidation sites excluding steroid dienone is 14. The first-order valence-electron chi connectivity index (χ1n) is 29.1. The fourth-order valence-electron chi connectivity index (χ4n) is 8.37. The van der Waals surface area contributed by atoms with E-state index in [9.17, 15) is 14.7 Å². The van der Waals surface area contributed by atoms with E-state index in [1.807, 2.05) is 0 Å². The molecule has 0 aromatic rings. The monoisotopic (exact) mass is 947 g/mol. The summed E-state index contributed by atoms with van der Waals surface area (Å²) in [5.74, 6) is -0.654. The van der Waals surface area contributed by atoms with Crippen molar-refractivity contribution in [3.63, 3.8) is 0 Å². The van der Waals surface area contributed by atoms with E-state index >= 15 is 0 Å². The molecule has 0 rings (SSSR count). The van der Waals surface area contributed by atoms with Crippen LogP contribution in [0.5, 0.6) is 0 Å². The first-order chi connectivity index (χ1) is 33.6. The summed E-state index contributed by atoms with van der Waals surface area (Å²) >= 11 is 0. The molecule has 0 aliphatic rings. The summed E-state index contributed by atoms with van der Waals surface area (Å²) in [6, 6.07) is 0. The van der Waals surface area contributed by atoms with Crippen LogP contribution in [-0.2, 0) is 19.1 Å². The molecular weight excluding hydrogens is 837 g/mol. The number of ether oxygens (including phenoxy) is 2. The number of esters is 2. The molecule has 0 spiro atoms. The summed E-state index contributed by atoms with van der Waals surface area (Å²) in [4.78, 5) is 24.5. The minimum Gasteiger partial charge on any atom is -0.462 e. The fraction of sp³-hybridized carbons (Fsp3) is 0.746. The molecule has 5 heteroatoms. The Morgan fingerprint density at radius 1 is 0.353 bits per heavy atom. The van der Waals surface area contributed by atoms with Gasteiger partial charge in [0.15, 0.2) is 6.10 Å². The zero-order valence-corrected chi connectivity index (χ0v) is 44.9. The Kier molecular flexibility index (Phi) is 55.9. The maximum absolute atomic E-state index is 12.3. The average Bonchev–Trinajstić information content (AvgIpc) is 3.34. The van der Waals surface area contributed by atoms with Crippen LogP contribution in [0, 0.1) is 0 Å². The Hall–Kier alpha value is -2.92. The molecule has 0 bridgehead atoms. The summed E-state index contributed by atoms with van der Waals surface area (Å²) in [6.45, 7) is 4.01. The number of aliphatic hydroxyl groups is 1. The van der Waals surface area contributed by atoms with E-state index in [0.717, 1.165) is 70.6 Å². The van der Waals surface area contributed by atoms with E-state index in [1.54, 1.807) is 0 Å². The topological polar surface area (TPSA) is 72.8 Å². The highest BCUT2D eigenvalue weighted by atomic mass is 16.6. The smallest absolute Gasteiger partial charge is 0.306 e. The van der Waals surface area contributed by atoms with Gasteiger partial charge in [-0.25, -0.2) is 0 Å². The predicted octanol–water partition coefficient (Wildman–Crippen LogP) is 19.8. The molecule has 0 amide bonds. The molecule has 0 saturated heterocycles. The molecule has 0 fully saturated rings. The Balaban J connectivity index is 3.52. The van der Waals surface area contributed by atoms with Crippen LogP contribution in [0.2, 0.25) is 0 Å². The number of aliphatic hydroxyl groups excluding tert-OH is 1. The minimum absolute atomic E-state index is 0.0907. The largest absolute Gasteiger partial charge is 0.462 e. The molecule has 0 aliphatic carbocycles. The zero-order chi connectivity index (χ0) is 49.2. The van der Waals surface area contributed by atoms with Crippen molar-refractivity contribution in [1.82, 2.24) is 0 Å². The molecule has 392 valence electrons. The van der Waals surface area contributed by atoms with Gasteiger partial charge in [0.2, 0.25) is 0 Å². The number of hydrogen-bond donors (Lipinski definition) is 1. The molecule has 0 saturated carbocycles. The molecule has 0 aromatic carbocycles. The van der Waals surface area contributed by atoms with Crippen molar-refractivity contribution in [3.05, 3.63) is 85.1 Å². The van der Waals surface area contributed by atoms with Gasteiger partial charge in [0.1, 0.15) is 6.61 Å². The highest BCUT2D eigenvalue weighted by Crippen LogP contribution is 2.17. The lowest BCUT2D eigenvalue weighted by atomic mass is 10.0. The van der Waals surface area contributed by atoms with E-state index in [4.69, 9.17) is 9.47 Å². The van der Waals surface area contributed by atoms with E-state index in [-0.39, 0.29) is 31.6 Å². The van der Waals surface area contributed by atoms with E-state index in [2.05, 4.69) is 98.9 Å². The minimum atomic E-state index is -0.807. The van der Waals surface area contributed by atoms with Gasteiger partial charge in [0.25, 0.3) is 0 Å². The number of rotatable bonds is 53. The van der Waals surface area contributed by atoms with E-state index < -0.39 is 6.10 Å². The lowest BCUT2D eigenvalue weighted by Crippen LogP contribution is -2.28. The highest BCUT2D eigenvalue weighted by molar-refractivity contribution is 5.70. The standard InChI is InChI=1S/C63H110O5/c1-3-5-7-9-11-13-15-17-19-21-23-25-27-28-29-30-31-32-33-34-36-37-39-41-43-45-47-49-51-53-55-57-62(65)67-60-61(59-64)68-63(66)58-56-54-52-50-48-46-44-42-40-38-35-26-24-22-20-18-16-14-12-10-8-6-4-2/h6,8,12,14,18,20,24,26,38,40,44,46,50,52,61,64H,3-5,7,9-11,13,15-17,19,21-23,25,27-37,39,41-43,45,47-49,51,53-60H2,1-2H3/b8-6-,14-12-,20-18-,26-24-,40-38-,46-44-,52-50-. The SMILES string of the molecule is CC/C=C\C/C=C\C/C=C\C/C=C\C/C=C\C/C=C\C/C=C\CCCC(=O)OC(CO)COC(=O)CCCCCCCCCCCCCCCCCCCCCCCCCCCCCCCCC. The van der Waals surface area contributed by atoms with Crippen molar-refractivity contribution in [2.24, 2.45) is 0 Å². The molecule has 1 unspecified atom stereocenters. The maximum Gasteiger partial charge on any atom is 0.306 e. The molecule has 0 heterocycles. The van der Waals surface area contributed by atoms with Gasteiger partial charge < -0.3 is 14.6 Å². The first-order valence-corrected chi connectivity index (χ1v) is 29.1. The van der Waals surface area contributed by atoms with Gasteiger partial charge in [0.05, 0.1) is 6.61 Å². The normalized spacial score (nSPS) is 12.8. The van der Waals surface area contributed by atoms with Crippen LogP contribution in [0.1, 0.15) is 284 Å². The molecule has 1 N–H and O–H groups in total. The van der Waals surface area contributed by atoms with Crippen molar-refractivity contribution in [3.8, 4) is 0 Å². The molecular formula is C63H110O5. The second-order valence-electron chi connectivity index (χ2n) is 19.3. The quantitative estimate of drug-likeness (QED) is 0.0374. The van der Waals surface area contributed by atoms with Gasteiger partial charge >= 0.3 is 11.9 Å². The molecule has 5 nitrogen and oxygen atoms in total. The Bertz CT molecular complexity index is 1250. The maximum atomic E-state index is 12.3. The second kappa shape index (κ2) is 58.4. The summed E-state index contributed by atoms with van der Waals surface area (Å²) in [6.07, 6.45) is 81.5. The summed E-state index contributed by atoms with van der Waals surface area (Å²) < 4.78 is 10.7. The van der Waals surface area contributed by atoms with Crippen LogP contribution in [0.25, 0.3) is 0 Å². The number of carbonyl (C=O) groups is 2. The van der Waals surface area contributed by atoms with Crippen LogP contribution in [0.3, 0.4) is 0 Å². The Morgan fingerprint density at radius 2 is 0.632 bits per heavy atom. The van der Waals surface area contributed by atoms with Gasteiger partial charge in [0, 0.05) is 12.8 Å². The van der Waals surface area contributed by atoms with E-state index in [1.165, 1.54) is 180 Å². The van der Waals surface area contributed by atoms with E-state index in [0.29, 0.717) is 12.8 Å². The zero-order valence-electron chi connectivity index (χ0n) is 44.9. The van der Waals surface area contributed by atoms with Crippen molar-refractivity contribution >= 4 is 11.9 Å². The summed E-state index contributed by atoms with van der Waals surface area (Å²) in [7, 11) is 0.